The summed E-state index contributed by atoms with van der Waals surface area (Å²) >= 11 is 0. The maximum atomic E-state index is 13.0. The summed E-state index contributed by atoms with van der Waals surface area (Å²) in [5.74, 6) is -1.75. The second-order valence-electron chi connectivity index (χ2n) is 7.44. The van der Waals surface area contributed by atoms with Gasteiger partial charge in [-0.3, -0.25) is 19.7 Å². The number of aliphatic hydroxyl groups excluding tert-OH is 1. The molecule has 1 aliphatic rings. The van der Waals surface area contributed by atoms with Crippen LogP contribution in [-0.4, -0.2) is 33.2 Å². The van der Waals surface area contributed by atoms with Gasteiger partial charge in [0, 0.05) is 24.2 Å². The van der Waals surface area contributed by atoms with Crippen LogP contribution in [0.15, 0.2) is 90.5 Å². The fraction of sp³-hybridized carbons (Fsp3) is 0.120. The molecule has 7 nitrogen and oxygen atoms in total. The lowest BCUT2D eigenvalue weighted by atomic mass is 9.95. The number of Topliss-reactive ketones (excluding diaryl/α,β-unsaturated/α-hetero) is 1. The summed E-state index contributed by atoms with van der Waals surface area (Å²) < 4.78 is 0. The van der Waals surface area contributed by atoms with Crippen molar-refractivity contribution in [1.29, 1.82) is 0 Å². The van der Waals surface area contributed by atoms with E-state index in [1.807, 2.05) is 30.3 Å². The Bertz CT molecular complexity index is 1190. The first kappa shape index (κ1) is 21.0. The van der Waals surface area contributed by atoms with Gasteiger partial charge >= 0.3 is 0 Å². The Morgan fingerprint density at radius 3 is 2.09 bits per heavy atom. The highest BCUT2D eigenvalue weighted by atomic mass is 16.6. The van der Waals surface area contributed by atoms with Gasteiger partial charge in [-0.1, -0.05) is 60.7 Å². The number of carbonyl (C=O) groups excluding carboxylic acids is 2. The minimum Gasteiger partial charge on any atom is -0.507 e. The molecule has 4 rings (SSSR count). The molecule has 1 aliphatic heterocycles. The molecule has 1 amide bonds. The fourth-order valence-corrected chi connectivity index (χ4v) is 3.88. The second kappa shape index (κ2) is 8.85. The predicted molar refractivity (Wildman–Crippen MR) is 119 cm³/mol. The number of hydrogen-bond acceptors (Lipinski definition) is 5. The number of nitro benzene ring substituents is 1. The molecule has 0 bridgehead atoms. The number of carbonyl (C=O) groups is 2. The quantitative estimate of drug-likeness (QED) is 0.208. The first-order valence-corrected chi connectivity index (χ1v) is 10.1. The van der Waals surface area contributed by atoms with E-state index >= 15 is 0 Å². The largest absolute Gasteiger partial charge is 0.507 e. The molecule has 0 aliphatic carbocycles. The summed E-state index contributed by atoms with van der Waals surface area (Å²) in [7, 11) is 0. The van der Waals surface area contributed by atoms with Crippen LogP contribution in [0.3, 0.4) is 0 Å². The van der Waals surface area contributed by atoms with Crippen LogP contribution in [0.4, 0.5) is 5.69 Å². The van der Waals surface area contributed by atoms with Crippen LogP contribution in [0.2, 0.25) is 0 Å². The van der Waals surface area contributed by atoms with Crippen LogP contribution in [0, 0.1) is 10.1 Å². The maximum absolute atomic E-state index is 13.0. The van der Waals surface area contributed by atoms with Gasteiger partial charge in [0.1, 0.15) is 5.76 Å². The zero-order valence-corrected chi connectivity index (χ0v) is 17.0. The molecule has 32 heavy (non-hydrogen) atoms. The van der Waals surface area contributed by atoms with E-state index in [-0.39, 0.29) is 23.6 Å². The number of hydrogen-bond donors (Lipinski definition) is 1. The van der Waals surface area contributed by atoms with Crippen LogP contribution in [0.5, 0.6) is 0 Å². The number of amides is 1. The molecule has 1 saturated heterocycles. The number of nitrogens with zero attached hydrogens (tertiary/aromatic N) is 2. The molecule has 1 fully saturated rings. The predicted octanol–water partition coefficient (Wildman–Crippen LogP) is 4.26. The molecule has 3 aromatic rings. The van der Waals surface area contributed by atoms with Gasteiger partial charge in [-0.05, 0) is 29.7 Å². The molecule has 1 heterocycles. The van der Waals surface area contributed by atoms with Gasteiger partial charge in [0.2, 0.25) is 0 Å². The zero-order valence-electron chi connectivity index (χ0n) is 17.0. The van der Waals surface area contributed by atoms with Gasteiger partial charge in [0.05, 0.1) is 16.5 Å². The number of likely N-dealkylation sites (tertiary alicyclic amines) is 1. The van der Waals surface area contributed by atoms with E-state index in [9.17, 15) is 24.8 Å². The Balaban J connectivity index is 1.78. The number of benzene rings is 3. The average molecular weight is 428 g/mol. The van der Waals surface area contributed by atoms with Crippen LogP contribution < -0.4 is 0 Å². The van der Waals surface area contributed by atoms with Crippen molar-refractivity contribution in [2.75, 3.05) is 6.54 Å². The van der Waals surface area contributed by atoms with Crippen molar-refractivity contribution in [1.82, 2.24) is 4.90 Å². The van der Waals surface area contributed by atoms with E-state index in [0.29, 0.717) is 17.5 Å². The Morgan fingerprint density at radius 2 is 1.50 bits per heavy atom. The molecule has 0 spiro atoms. The van der Waals surface area contributed by atoms with Crippen molar-refractivity contribution in [2.45, 2.75) is 12.5 Å². The van der Waals surface area contributed by atoms with Gasteiger partial charge in [-0.2, -0.15) is 0 Å². The van der Waals surface area contributed by atoms with Crippen molar-refractivity contribution in [3.05, 3.63) is 117 Å². The third-order valence-electron chi connectivity index (χ3n) is 5.49. The summed E-state index contributed by atoms with van der Waals surface area (Å²) in [6.45, 7) is 0.252. The number of rotatable bonds is 6. The highest BCUT2D eigenvalue weighted by molar-refractivity contribution is 6.46. The third kappa shape index (κ3) is 4.00. The molecule has 1 N–H and O–H groups in total. The standard InChI is InChI=1S/C25H20N2O5/c28-23(19-9-5-2-6-10-19)21-22(18-11-13-20(14-12-18)27(31)32)26(25(30)24(21)29)16-15-17-7-3-1-4-8-17/h1-14,22,28H,15-16H2. The Labute approximate surface area is 184 Å². The highest BCUT2D eigenvalue weighted by Crippen LogP contribution is 2.39. The smallest absolute Gasteiger partial charge is 0.295 e. The summed E-state index contributed by atoms with van der Waals surface area (Å²) in [5.41, 5.74) is 1.81. The number of ketones is 1. The molecule has 1 unspecified atom stereocenters. The van der Waals surface area contributed by atoms with Crippen molar-refractivity contribution >= 4 is 23.1 Å². The molecule has 0 aromatic heterocycles. The van der Waals surface area contributed by atoms with Gasteiger partial charge in [0.15, 0.2) is 0 Å². The molecule has 0 saturated carbocycles. The highest BCUT2D eigenvalue weighted by Gasteiger charge is 2.45. The minimum absolute atomic E-state index is 0.0249. The lowest BCUT2D eigenvalue weighted by molar-refractivity contribution is -0.384. The minimum atomic E-state index is -0.847. The first-order chi connectivity index (χ1) is 15.5. The Hall–Kier alpha value is -4.26. The molecular formula is C25H20N2O5. The van der Waals surface area contributed by atoms with E-state index in [0.717, 1.165) is 5.56 Å². The van der Waals surface area contributed by atoms with Gasteiger partial charge < -0.3 is 10.0 Å². The summed E-state index contributed by atoms with van der Waals surface area (Å²) in [6, 6.07) is 22.9. The number of aliphatic hydroxyl groups is 1. The summed E-state index contributed by atoms with van der Waals surface area (Å²) in [5, 5.41) is 22.0. The Morgan fingerprint density at radius 1 is 0.906 bits per heavy atom. The SMILES string of the molecule is O=C1C(=O)N(CCc2ccccc2)C(c2ccc([N+](=O)[O-])cc2)C1=C(O)c1ccccc1. The second-order valence-corrected chi connectivity index (χ2v) is 7.44. The number of non-ortho nitro benzene ring substituents is 1. The molecular weight excluding hydrogens is 408 g/mol. The van der Waals surface area contributed by atoms with Gasteiger partial charge in [-0.15, -0.1) is 0 Å². The summed E-state index contributed by atoms with van der Waals surface area (Å²) in [6.07, 6.45) is 0.517. The third-order valence-corrected chi connectivity index (χ3v) is 5.49. The van der Waals surface area contributed by atoms with Gasteiger partial charge in [-0.25, -0.2) is 0 Å². The molecule has 7 heteroatoms. The van der Waals surface area contributed by atoms with Crippen LogP contribution in [-0.2, 0) is 16.0 Å². The summed E-state index contributed by atoms with van der Waals surface area (Å²) in [4.78, 5) is 37.9. The Kier molecular flexibility index (Phi) is 5.81. The lowest BCUT2D eigenvalue weighted by Gasteiger charge is -2.25. The first-order valence-electron chi connectivity index (χ1n) is 10.1. The molecule has 0 radical (unpaired) electrons. The average Bonchev–Trinajstić information content (AvgIpc) is 3.08. The van der Waals surface area contributed by atoms with Crippen LogP contribution in [0.1, 0.15) is 22.7 Å². The lowest BCUT2D eigenvalue weighted by Crippen LogP contribution is -2.31. The van der Waals surface area contributed by atoms with Crippen molar-refractivity contribution < 1.29 is 19.6 Å². The van der Waals surface area contributed by atoms with Crippen LogP contribution in [0.25, 0.3) is 5.76 Å². The number of nitro groups is 1. The van der Waals surface area contributed by atoms with Crippen LogP contribution >= 0.6 is 0 Å². The topological polar surface area (TPSA) is 101 Å². The normalized spacial score (nSPS) is 17.5. The molecule has 1 atom stereocenters. The van der Waals surface area contributed by atoms with E-state index < -0.39 is 22.7 Å². The van der Waals surface area contributed by atoms with Crippen molar-refractivity contribution in [3.8, 4) is 0 Å². The fourth-order valence-electron chi connectivity index (χ4n) is 3.88. The monoisotopic (exact) mass is 428 g/mol. The van der Waals surface area contributed by atoms with Crippen molar-refractivity contribution in [3.63, 3.8) is 0 Å². The maximum Gasteiger partial charge on any atom is 0.295 e. The molecule has 3 aromatic carbocycles. The van der Waals surface area contributed by atoms with E-state index in [1.165, 1.54) is 29.2 Å². The van der Waals surface area contributed by atoms with Gasteiger partial charge in [0.25, 0.3) is 17.4 Å². The zero-order chi connectivity index (χ0) is 22.7. The van der Waals surface area contributed by atoms with Crippen molar-refractivity contribution in [2.24, 2.45) is 0 Å². The molecule has 160 valence electrons. The van der Waals surface area contributed by atoms with E-state index in [4.69, 9.17) is 0 Å². The van der Waals surface area contributed by atoms with E-state index in [1.54, 1.807) is 30.3 Å². The van der Waals surface area contributed by atoms with E-state index in [2.05, 4.69) is 0 Å².